The van der Waals surface area contributed by atoms with Crippen LogP contribution in [0.15, 0.2) is 24.3 Å². The number of nitrogens with zero attached hydrogens (tertiary/aromatic N) is 2. The summed E-state index contributed by atoms with van der Waals surface area (Å²) in [6.45, 7) is 6.31. The highest BCUT2D eigenvalue weighted by Crippen LogP contribution is 2.17. The number of amides is 1. The minimum absolute atomic E-state index is 0.231. The van der Waals surface area contributed by atoms with E-state index in [0.717, 1.165) is 39.1 Å². The van der Waals surface area contributed by atoms with Crippen LogP contribution < -0.4 is 4.90 Å². The highest BCUT2D eigenvalue weighted by molar-refractivity contribution is 5.75. The second-order valence-corrected chi connectivity index (χ2v) is 5.62. The molecule has 1 amide bonds. The first-order valence-corrected chi connectivity index (χ1v) is 7.86. The summed E-state index contributed by atoms with van der Waals surface area (Å²) in [5.74, 6) is 0.231. The lowest BCUT2D eigenvalue weighted by atomic mass is 10.1. The summed E-state index contributed by atoms with van der Waals surface area (Å²) in [6, 6.07) is 8.53. The maximum Gasteiger partial charge on any atom is 0.222 e. The molecule has 4 nitrogen and oxygen atoms in total. The standard InChI is InChI=1S/C17H26N2O2/c1-3-4-5-17(20)18(2)14-15-6-8-16(9-7-15)19-10-12-21-13-11-19/h6-9H,3-5,10-14H2,1-2H3. The van der Waals surface area contributed by atoms with Crippen LogP contribution in [0.25, 0.3) is 0 Å². The number of hydrogen-bond donors (Lipinski definition) is 0. The van der Waals surface area contributed by atoms with Crippen LogP contribution in [0.4, 0.5) is 5.69 Å². The summed E-state index contributed by atoms with van der Waals surface area (Å²) in [7, 11) is 1.88. The zero-order chi connectivity index (χ0) is 15.1. The fourth-order valence-corrected chi connectivity index (χ4v) is 2.51. The van der Waals surface area contributed by atoms with Gasteiger partial charge in [-0.2, -0.15) is 0 Å². The van der Waals surface area contributed by atoms with Crippen LogP contribution in [0.2, 0.25) is 0 Å². The van der Waals surface area contributed by atoms with Crippen molar-refractivity contribution in [2.75, 3.05) is 38.3 Å². The van der Waals surface area contributed by atoms with Gasteiger partial charge < -0.3 is 14.5 Å². The molecule has 0 unspecified atom stereocenters. The molecule has 4 heteroatoms. The zero-order valence-electron chi connectivity index (χ0n) is 13.2. The molecule has 0 N–H and O–H groups in total. The summed E-state index contributed by atoms with van der Waals surface area (Å²) < 4.78 is 5.37. The Morgan fingerprint density at radius 1 is 1.24 bits per heavy atom. The van der Waals surface area contributed by atoms with E-state index in [1.54, 1.807) is 0 Å². The number of benzene rings is 1. The Hall–Kier alpha value is -1.55. The van der Waals surface area contributed by atoms with Crippen LogP contribution in [-0.2, 0) is 16.1 Å². The molecular weight excluding hydrogens is 264 g/mol. The van der Waals surface area contributed by atoms with Gasteiger partial charge in [0.25, 0.3) is 0 Å². The number of carbonyl (C=O) groups is 1. The summed E-state index contributed by atoms with van der Waals surface area (Å²) in [4.78, 5) is 16.1. The van der Waals surface area contributed by atoms with Crippen molar-refractivity contribution < 1.29 is 9.53 Å². The third kappa shape index (κ3) is 4.74. The summed E-state index contributed by atoms with van der Waals surface area (Å²) in [5, 5.41) is 0. The molecule has 0 radical (unpaired) electrons. The van der Waals surface area contributed by atoms with Gasteiger partial charge in [-0.3, -0.25) is 4.79 Å². The molecule has 1 heterocycles. The molecule has 2 rings (SSSR count). The maximum atomic E-state index is 11.9. The van der Waals surface area contributed by atoms with Crippen molar-refractivity contribution in [3.63, 3.8) is 0 Å². The van der Waals surface area contributed by atoms with Gasteiger partial charge >= 0.3 is 0 Å². The first kappa shape index (κ1) is 15.8. The normalized spacial score (nSPS) is 15.0. The van der Waals surface area contributed by atoms with Gasteiger partial charge in [0.05, 0.1) is 13.2 Å². The number of hydrogen-bond acceptors (Lipinski definition) is 3. The third-order valence-electron chi connectivity index (χ3n) is 3.90. The molecule has 0 saturated carbocycles. The fraction of sp³-hybridized carbons (Fsp3) is 0.588. The Morgan fingerprint density at radius 2 is 1.90 bits per heavy atom. The van der Waals surface area contributed by atoms with Crippen LogP contribution in [0.1, 0.15) is 31.7 Å². The number of unbranched alkanes of at least 4 members (excludes halogenated alkanes) is 1. The number of carbonyl (C=O) groups excluding carboxylic acids is 1. The summed E-state index contributed by atoms with van der Waals surface area (Å²) in [6.07, 6.45) is 2.69. The summed E-state index contributed by atoms with van der Waals surface area (Å²) in [5.41, 5.74) is 2.42. The van der Waals surface area contributed by atoms with Gasteiger partial charge in [0, 0.05) is 38.8 Å². The van der Waals surface area contributed by atoms with Crippen molar-refractivity contribution >= 4 is 11.6 Å². The molecule has 21 heavy (non-hydrogen) atoms. The van der Waals surface area contributed by atoms with Crippen molar-refractivity contribution in [1.82, 2.24) is 4.90 Å². The molecule has 0 bridgehead atoms. The Morgan fingerprint density at radius 3 is 2.52 bits per heavy atom. The van der Waals surface area contributed by atoms with Crippen LogP contribution in [-0.4, -0.2) is 44.2 Å². The second-order valence-electron chi connectivity index (χ2n) is 5.62. The molecule has 1 fully saturated rings. The van der Waals surface area contributed by atoms with Gasteiger partial charge in [0.2, 0.25) is 5.91 Å². The molecule has 1 aliphatic heterocycles. The van der Waals surface area contributed by atoms with E-state index >= 15 is 0 Å². The van der Waals surface area contributed by atoms with E-state index in [1.165, 1.54) is 11.3 Å². The van der Waals surface area contributed by atoms with E-state index in [4.69, 9.17) is 4.74 Å². The molecule has 0 aliphatic carbocycles. The van der Waals surface area contributed by atoms with E-state index in [2.05, 4.69) is 36.1 Å². The lowest BCUT2D eigenvalue weighted by Gasteiger charge is -2.29. The number of ether oxygens (including phenoxy) is 1. The topological polar surface area (TPSA) is 32.8 Å². The van der Waals surface area contributed by atoms with E-state index in [0.29, 0.717) is 13.0 Å². The van der Waals surface area contributed by atoms with Gasteiger partial charge in [-0.05, 0) is 24.1 Å². The molecule has 0 atom stereocenters. The van der Waals surface area contributed by atoms with Crippen molar-refractivity contribution in [3.05, 3.63) is 29.8 Å². The molecule has 116 valence electrons. The van der Waals surface area contributed by atoms with E-state index in [9.17, 15) is 4.79 Å². The Labute approximate surface area is 127 Å². The minimum Gasteiger partial charge on any atom is -0.378 e. The maximum absolute atomic E-state index is 11.9. The van der Waals surface area contributed by atoms with Crippen molar-refractivity contribution in [2.45, 2.75) is 32.7 Å². The third-order valence-corrected chi connectivity index (χ3v) is 3.90. The van der Waals surface area contributed by atoms with Crippen molar-refractivity contribution in [1.29, 1.82) is 0 Å². The van der Waals surface area contributed by atoms with Crippen molar-refractivity contribution in [2.24, 2.45) is 0 Å². The van der Waals surface area contributed by atoms with Crippen molar-refractivity contribution in [3.8, 4) is 0 Å². The number of anilines is 1. The number of rotatable bonds is 6. The second kappa shape index (κ2) is 8.03. The zero-order valence-corrected chi connectivity index (χ0v) is 13.2. The van der Waals surface area contributed by atoms with Crippen LogP contribution in [0, 0.1) is 0 Å². The van der Waals surface area contributed by atoms with Gasteiger partial charge in [-0.1, -0.05) is 25.5 Å². The predicted molar refractivity (Wildman–Crippen MR) is 85.5 cm³/mol. The average molecular weight is 290 g/mol. The Bertz CT molecular complexity index is 439. The van der Waals surface area contributed by atoms with Gasteiger partial charge in [0.15, 0.2) is 0 Å². The predicted octanol–water partition coefficient (Wildman–Crippen LogP) is 2.67. The monoisotopic (exact) mass is 290 g/mol. The van der Waals surface area contributed by atoms with E-state index in [-0.39, 0.29) is 5.91 Å². The molecule has 1 aromatic carbocycles. The Balaban J connectivity index is 1.88. The largest absolute Gasteiger partial charge is 0.378 e. The number of morpholine rings is 1. The lowest BCUT2D eigenvalue weighted by molar-refractivity contribution is -0.130. The fourth-order valence-electron chi connectivity index (χ4n) is 2.51. The molecule has 1 aromatic rings. The quantitative estimate of drug-likeness (QED) is 0.807. The Kier molecular flexibility index (Phi) is 6.05. The van der Waals surface area contributed by atoms with Crippen LogP contribution >= 0.6 is 0 Å². The van der Waals surface area contributed by atoms with E-state index < -0.39 is 0 Å². The highest BCUT2D eigenvalue weighted by Gasteiger charge is 2.12. The molecule has 1 aliphatic rings. The van der Waals surface area contributed by atoms with Gasteiger partial charge in [-0.25, -0.2) is 0 Å². The van der Waals surface area contributed by atoms with E-state index in [1.807, 2.05) is 11.9 Å². The molecule has 1 saturated heterocycles. The smallest absolute Gasteiger partial charge is 0.222 e. The van der Waals surface area contributed by atoms with Crippen LogP contribution in [0.3, 0.4) is 0 Å². The molecular formula is C17H26N2O2. The van der Waals surface area contributed by atoms with Crippen LogP contribution in [0.5, 0.6) is 0 Å². The molecule has 0 aromatic heterocycles. The first-order chi connectivity index (χ1) is 10.2. The lowest BCUT2D eigenvalue weighted by Crippen LogP contribution is -2.36. The van der Waals surface area contributed by atoms with Gasteiger partial charge in [-0.15, -0.1) is 0 Å². The molecule has 0 spiro atoms. The highest BCUT2D eigenvalue weighted by atomic mass is 16.5. The average Bonchev–Trinajstić information content (AvgIpc) is 2.54. The SMILES string of the molecule is CCCCC(=O)N(C)Cc1ccc(N2CCOCC2)cc1. The minimum atomic E-state index is 0.231. The summed E-state index contributed by atoms with van der Waals surface area (Å²) >= 11 is 0. The first-order valence-electron chi connectivity index (χ1n) is 7.86. The van der Waals surface area contributed by atoms with Gasteiger partial charge in [0.1, 0.15) is 0 Å².